The van der Waals surface area contributed by atoms with Gasteiger partial charge in [0.15, 0.2) is 6.20 Å². The van der Waals surface area contributed by atoms with Crippen molar-refractivity contribution in [2.75, 3.05) is 44.2 Å². The second kappa shape index (κ2) is 13.5. The van der Waals surface area contributed by atoms with Crippen LogP contribution in [0.25, 0.3) is 0 Å². The molecule has 1 N–H and O–H groups in total. The molecular weight excluding hydrogens is 566 g/mol. The van der Waals surface area contributed by atoms with Gasteiger partial charge in [0.2, 0.25) is 11.6 Å². The number of carbonyl (C=O) groups is 2. The number of rotatable bonds is 6. The normalized spacial score (nSPS) is 21.4. The van der Waals surface area contributed by atoms with Gasteiger partial charge in [-0.1, -0.05) is 24.1 Å². The molecule has 3 heterocycles. The first-order chi connectivity index (χ1) is 19.9. The molecule has 2 unspecified atom stereocenters. The number of carboxylic acid groups (broad SMARTS) is 1. The topological polar surface area (TPSA) is 91.0 Å². The Hall–Kier alpha value is -2.98. The molecule has 2 saturated heterocycles. The van der Waals surface area contributed by atoms with Gasteiger partial charge in [0, 0.05) is 69.3 Å². The molecule has 1 saturated carbocycles. The number of hydrogen-bond donors (Lipinski definition) is 1. The van der Waals surface area contributed by atoms with E-state index in [0.29, 0.717) is 72.7 Å². The van der Waals surface area contributed by atoms with Crippen LogP contribution in [0.5, 0.6) is 0 Å². The monoisotopic (exact) mass is 606 g/mol. The van der Waals surface area contributed by atoms with Crippen LogP contribution in [0.15, 0.2) is 30.5 Å². The molecule has 11 heteroatoms. The van der Waals surface area contributed by atoms with Gasteiger partial charge in [0.05, 0.1) is 0 Å². The SMILES string of the molecule is Cc1ccc(N(CCCN2CC3CN(C(=O)c4c(C)cc[n+]([O-])c4C)CC3C2)C(=O)O)cc1Cl.FC1(F)CCCCC1. The van der Waals surface area contributed by atoms with E-state index in [1.807, 2.05) is 24.8 Å². The summed E-state index contributed by atoms with van der Waals surface area (Å²) in [4.78, 5) is 30.5. The van der Waals surface area contributed by atoms with Crippen LogP contribution in [-0.4, -0.2) is 72.1 Å². The highest BCUT2D eigenvalue weighted by Crippen LogP contribution is 2.33. The minimum Gasteiger partial charge on any atom is -0.618 e. The van der Waals surface area contributed by atoms with Crippen molar-refractivity contribution in [3.8, 4) is 0 Å². The van der Waals surface area contributed by atoms with Gasteiger partial charge in [-0.2, -0.15) is 4.73 Å². The predicted molar refractivity (Wildman–Crippen MR) is 158 cm³/mol. The van der Waals surface area contributed by atoms with E-state index in [1.54, 1.807) is 25.1 Å². The highest BCUT2D eigenvalue weighted by Gasteiger charge is 2.42. The van der Waals surface area contributed by atoms with Crippen molar-refractivity contribution in [2.45, 2.75) is 65.2 Å². The van der Waals surface area contributed by atoms with Crippen LogP contribution in [0.3, 0.4) is 0 Å². The second-order valence-corrected chi connectivity index (χ2v) is 12.3. The van der Waals surface area contributed by atoms with E-state index in [2.05, 4.69) is 4.90 Å². The molecule has 3 aliphatic rings. The zero-order chi connectivity index (χ0) is 30.6. The quantitative estimate of drug-likeness (QED) is 0.319. The molecule has 230 valence electrons. The maximum Gasteiger partial charge on any atom is 0.411 e. The minimum absolute atomic E-state index is 0.0602. The lowest BCUT2D eigenvalue weighted by atomic mass is 9.97. The zero-order valence-corrected chi connectivity index (χ0v) is 25.4. The first kappa shape index (κ1) is 31.9. The Balaban J connectivity index is 0.000000437. The highest BCUT2D eigenvalue weighted by atomic mass is 35.5. The van der Waals surface area contributed by atoms with Crippen molar-refractivity contribution in [2.24, 2.45) is 11.8 Å². The van der Waals surface area contributed by atoms with Gasteiger partial charge >= 0.3 is 6.09 Å². The number of aromatic nitrogens is 1. The fraction of sp³-hybridized carbons (Fsp3) is 0.581. The van der Waals surface area contributed by atoms with Crippen LogP contribution in [0, 0.1) is 37.8 Å². The molecule has 3 fully saturated rings. The van der Waals surface area contributed by atoms with Gasteiger partial charge in [-0.3, -0.25) is 9.69 Å². The van der Waals surface area contributed by atoms with Crippen LogP contribution in [0.2, 0.25) is 5.02 Å². The van der Waals surface area contributed by atoms with Crippen molar-refractivity contribution >= 4 is 29.3 Å². The third kappa shape index (κ3) is 7.69. The summed E-state index contributed by atoms with van der Waals surface area (Å²) in [6, 6.07) is 7.00. The van der Waals surface area contributed by atoms with Gasteiger partial charge in [-0.25, -0.2) is 13.6 Å². The molecule has 1 aliphatic carbocycles. The third-order valence-corrected chi connectivity index (χ3v) is 9.16. The molecule has 5 rings (SSSR count). The maximum atomic E-state index is 13.1. The summed E-state index contributed by atoms with van der Waals surface area (Å²) >= 11 is 6.18. The average Bonchev–Trinajstić information content (AvgIpc) is 3.50. The minimum atomic E-state index is -2.32. The molecule has 2 amide bonds. The van der Waals surface area contributed by atoms with Gasteiger partial charge in [0.1, 0.15) is 5.56 Å². The zero-order valence-electron chi connectivity index (χ0n) is 24.6. The fourth-order valence-electron chi connectivity index (χ4n) is 6.30. The summed E-state index contributed by atoms with van der Waals surface area (Å²) in [7, 11) is 0. The number of nitrogens with zero attached hydrogens (tertiary/aromatic N) is 4. The van der Waals surface area contributed by atoms with Gasteiger partial charge in [-0.05, 0) is 74.8 Å². The number of hydrogen-bond acceptors (Lipinski definition) is 4. The smallest absolute Gasteiger partial charge is 0.411 e. The van der Waals surface area contributed by atoms with E-state index in [4.69, 9.17) is 11.6 Å². The van der Waals surface area contributed by atoms with Crippen LogP contribution < -0.4 is 9.63 Å². The number of anilines is 1. The Labute approximate surface area is 251 Å². The molecule has 2 atom stereocenters. The molecule has 0 bridgehead atoms. The van der Waals surface area contributed by atoms with Crippen molar-refractivity contribution in [1.29, 1.82) is 0 Å². The summed E-state index contributed by atoms with van der Waals surface area (Å²) in [6.07, 6.45) is 3.83. The number of likely N-dealkylation sites (tertiary alicyclic amines) is 2. The standard InChI is InChI=1S/C25H31ClN4O4.C6H10F2/c1-16-5-6-21(11-22(16)26)29(25(32)33)9-4-8-27-12-19-14-28(15-20(19)13-27)24(31)23-17(2)7-10-30(34)18(23)3;7-6(8)4-2-1-3-5-6/h5-7,10-11,19-20H,4,8-9,12-15H2,1-3H3,(H,32,33);1-5H2. The molecule has 0 spiro atoms. The maximum absolute atomic E-state index is 13.1. The van der Waals surface area contributed by atoms with Crippen molar-refractivity contribution in [1.82, 2.24) is 9.80 Å². The number of fused-ring (bicyclic) bond motifs is 1. The van der Waals surface area contributed by atoms with Gasteiger partial charge in [-0.15, -0.1) is 0 Å². The molecule has 42 heavy (non-hydrogen) atoms. The lowest BCUT2D eigenvalue weighted by Crippen LogP contribution is -2.38. The summed E-state index contributed by atoms with van der Waals surface area (Å²) in [5.41, 5.74) is 3.28. The van der Waals surface area contributed by atoms with E-state index in [-0.39, 0.29) is 18.7 Å². The Bertz CT molecular complexity index is 1270. The molecule has 2 aromatic rings. The Kier molecular flexibility index (Phi) is 10.3. The van der Waals surface area contributed by atoms with Crippen molar-refractivity contribution in [3.63, 3.8) is 0 Å². The van der Waals surface area contributed by atoms with Crippen LogP contribution in [0.4, 0.5) is 19.3 Å². The lowest BCUT2D eigenvalue weighted by Gasteiger charge is -2.24. The second-order valence-electron chi connectivity index (χ2n) is 11.9. The van der Waals surface area contributed by atoms with Crippen LogP contribution in [-0.2, 0) is 0 Å². The van der Waals surface area contributed by atoms with E-state index >= 15 is 0 Å². The first-order valence-corrected chi connectivity index (χ1v) is 15.1. The van der Waals surface area contributed by atoms with E-state index < -0.39 is 12.0 Å². The van der Waals surface area contributed by atoms with Crippen molar-refractivity contribution < 1.29 is 28.2 Å². The summed E-state index contributed by atoms with van der Waals surface area (Å²) in [6.45, 7) is 9.81. The summed E-state index contributed by atoms with van der Waals surface area (Å²) in [5, 5.41) is 22.2. The van der Waals surface area contributed by atoms with Crippen LogP contribution in [0.1, 0.15) is 65.7 Å². The van der Waals surface area contributed by atoms with E-state index in [0.717, 1.165) is 41.9 Å². The third-order valence-electron chi connectivity index (χ3n) is 8.75. The molecule has 0 radical (unpaired) electrons. The summed E-state index contributed by atoms with van der Waals surface area (Å²) in [5.74, 6) is -1.58. The number of amides is 2. The largest absolute Gasteiger partial charge is 0.618 e. The van der Waals surface area contributed by atoms with E-state index in [1.165, 1.54) is 11.1 Å². The van der Waals surface area contributed by atoms with Gasteiger partial charge in [0.25, 0.3) is 5.91 Å². The van der Waals surface area contributed by atoms with Crippen LogP contribution >= 0.6 is 11.6 Å². The van der Waals surface area contributed by atoms with Crippen molar-refractivity contribution in [3.05, 3.63) is 63.1 Å². The number of pyridine rings is 1. The highest BCUT2D eigenvalue weighted by molar-refractivity contribution is 6.31. The Morgan fingerprint density at radius 2 is 1.69 bits per heavy atom. The fourth-order valence-corrected chi connectivity index (χ4v) is 6.47. The predicted octanol–water partition coefficient (Wildman–Crippen LogP) is 6.06. The number of halogens is 3. The number of benzene rings is 1. The lowest BCUT2D eigenvalue weighted by molar-refractivity contribution is -0.612. The Morgan fingerprint density at radius 1 is 1.05 bits per heavy atom. The number of alkyl halides is 2. The first-order valence-electron chi connectivity index (χ1n) is 14.7. The summed E-state index contributed by atoms with van der Waals surface area (Å²) < 4.78 is 25.2. The molecule has 2 aliphatic heterocycles. The Morgan fingerprint density at radius 3 is 2.24 bits per heavy atom. The van der Waals surface area contributed by atoms with E-state index in [9.17, 15) is 28.7 Å². The molecular formula is C31H41ClF2N4O4. The molecule has 8 nitrogen and oxygen atoms in total. The van der Waals surface area contributed by atoms with Gasteiger partial charge < -0.3 is 20.1 Å². The number of aryl methyl sites for hydroxylation is 2. The molecule has 1 aromatic carbocycles. The molecule has 1 aromatic heterocycles. The number of carbonyl (C=O) groups excluding carboxylic acids is 1. The average molecular weight is 607 g/mol.